The monoisotopic (exact) mass is 378 g/mol. The number of benzene rings is 2. The van der Waals surface area contributed by atoms with Crippen LogP contribution >= 0.6 is 23.4 Å². The van der Waals surface area contributed by atoms with Gasteiger partial charge in [-0.05, 0) is 42.0 Å². The number of pyridine rings is 1. The Kier molecular flexibility index (Phi) is 6.26. The molecule has 3 rings (SSSR count). The second kappa shape index (κ2) is 9.04. The van der Waals surface area contributed by atoms with Crippen LogP contribution in [-0.4, -0.2) is 11.2 Å². The van der Waals surface area contributed by atoms with Crippen LogP contribution in [0.2, 0.25) is 5.02 Å². The van der Waals surface area contributed by atoms with E-state index >= 15 is 0 Å². The Morgan fingerprint density at radius 3 is 2.58 bits per heavy atom. The molecule has 0 aliphatic heterocycles. The highest BCUT2D eigenvalue weighted by molar-refractivity contribution is 7.98. The van der Waals surface area contributed by atoms with Crippen LogP contribution in [0.1, 0.15) is 16.8 Å². The van der Waals surface area contributed by atoms with Crippen molar-refractivity contribution in [1.29, 1.82) is 5.26 Å². The van der Waals surface area contributed by atoms with Gasteiger partial charge in [0.15, 0.2) is 0 Å². The number of hydrazone groups is 1. The van der Waals surface area contributed by atoms with E-state index in [9.17, 15) is 5.26 Å². The number of nitrogens with zero attached hydrogens (tertiary/aromatic N) is 3. The van der Waals surface area contributed by atoms with E-state index in [0.29, 0.717) is 27.1 Å². The number of nitriles is 1. The molecule has 26 heavy (non-hydrogen) atoms. The number of thioether (sulfide) groups is 1. The molecular formula is C20H15ClN4S. The molecule has 0 unspecified atom stereocenters. The van der Waals surface area contributed by atoms with Crippen LogP contribution in [0.15, 0.2) is 76.9 Å². The SMILES string of the molecule is N#Cc1ccc(C=NNc2ccccc2)nc1SCc1ccc(Cl)cc1. The Morgan fingerprint density at radius 1 is 1.08 bits per heavy atom. The van der Waals surface area contributed by atoms with E-state index in [1.165, 1.54) is 11.8 Å². The number of rotatable bonds is 6. The van der Waals surface area contributed by atoms with Crippen LogP contribution in [0.4, 0.5) is 5.69 Å². The third-order valence-corrected chi connectivity index (χ3v) is 4.77. The number of aromatic nitrogens is 1. The molecule has 0 bridgehead atoms. The molecular weight excluding hydrogens is 364 g/mol. The lowest BCUT2D eigenvalue weighted by molar-refractivity contribution is 1.09. The molecule has 0 amide bonds. The van der Waals surface area contributed by atoms with E-state index in [0.717, 1.165) is 11.3 Å². The van der Waals surface area contributed by atoms with Gasteiger partial charge in [0, 0.05) is 10.8 Å². The molecule has 2 aromatic carbocycles. The van der Waals surface area contributed by atoms with E-state index in [2.05, 4.69) is 21.6 Å². The summed E-state index contributed by atoms with van der Waals surface area (Å²) in [7, 11) is 0. The van der Waals surface area contributed by atoms with Gasteiger partial charge in [0.25, 0.3) is 0 Å². The van der Waals surface area contributed by atoms with Gasteiger partial charge < -0.3 is 0 Å². The largest absolute Gasteiger partial charge is 0.278 e. The van der Waals surface area contributed by atoms with Gasteiger partial charge in [0.1, 0.15) is 11.1 Å². The van der Waals surface area contributed by atoms with Crippen molar-refractivity contribution in [3.05, 3.63) is 88.6 Å². The predicted molar refractivity (Wildman–Crippen MR) is 108 cm³/mol. The maximum absolute atomic E-state index is 9.30. The van der Waals surface area contributed by atoms with Crippen LogP contribution in [0.3, 0.4) is 0 Å². The zero-order valence-corrected chi connectivity index (χ0v) is 15.3. The number of halogens is 1. The molecule has 128 valence electrons. The van der Waals surface area contributed by atoms with Crippen molar-refractivity contribution in [2.75, 3.05) is 5.43 Å². The zero-order valence-electron chi connectivity index (χ0n) is 13.8. The van der Waals surface area contributed by atoms with Crippen molar-refractivity contribution in [1.82, 2.24) is 4.98 Å². The first-order valence-corrected chi connectivity index (χ1v) is 9.23. The second-order valence-electron chi connectivity index (χ2n) is 5.35. The third kappa shape index (κ3) is 5.09. The van der Waals surface area contributed by atoms with Crippen molar-refractivity contribution in [2.24, 2.45) is 5.10 Å². The normalized spacial score (nSPS) is 10.6. The number of hydrogen-bond donors (Lipinski definition) is 1. The second-order valence-corrected chi connectivity index (χ2v) is 6.75. The Balaban J connectivity index is 1.69. The number of nitrogens with one attached hydrogen (secondary N) is 1. The maximum atomic E-state index is 9.30. The summed E-state index contributed by atoms with van der Waals surface area (Å²) in [5.74, 6) is 0.710. The minimum absolute atomic E-state index is 0.553. The van der Waals surface area contributed by atoms with Crippen molar-refractivity contribution in [2.45, 2.75) is 10.8 Å². The molecule has 0 radical (unpaired) electrons. The van der Waals surface area contributed by atoms with Gasteiger partial charge in [-0.15, -0.1) is 11.8 Å². The zero-order chi connectivity index (χ0) is 18.2. The summed E-state index contributed by atoms with van der Waals surface area (Å²) in [5.41, 5.74) is 6.21. The van der Waals surface area contributed by atoms with E-state index < -0.39 is 0 Å². The quantitative estimate of drug-likeness (QED) is 0.357. The first kappa shape index (κ1) is 18.0. The summed E-state index contributed by atoms with van der Waals surface area (Å²) >= 11 is 7.42. The average Bonchev–Trinajstić information content (AvgIpc) is 2.68. The van der Waals surface area contributed by atoms with Crippen molar-refractivity contribution in [3.8, 4) is 6.07 Å². The van der Waals surface area contributed by atoms with E-state index in [-0.39, 0.29) is 0 Å². The molecule has 1 heterocycles. The van der Waals surface area contributed by atoms with Gasteiger partial charge in [-0.3, -0.25) is 5.43 Å². The van der Waals surface area contributed by atoms with Gasteiger partial charge in [0.05, 0.1) is 23.2 Å². The Morgan fingerprint density at radius 2 is 1.85 bits per heavy atom. The van der Waals surface area contributed by atoms with Crippen molar-refractivity contribution >= 4 is 35.3 Å². The van der Waals surface area contributed by atoms with Crippen molar-refractivity contribution < 1.29 is 0 Å². The fourth-order valence-electron chi connectivity index (χ4n) is 2.14. The van der Waals surface area contributed by atoms with Gasteiger partial charge >= 0.3 is 0 Å². The Labute approximate surface area is 161 Å². The lowest BCUT2D eigenvalue weighted by atomic mass is 10.2. The van der Waals surface area contributed by atoms with Crippen LogP contribution in [-0.2, 0) is 5.75 Å². The van der Waals surface area contributed by atoms with Gasteiger partial charge in [0.2, 0.25) is 0 Å². The number of para-hydroxylation sites is 1. The average molecular weight is 379 g/mol. The van der Waals surface area contributed by atoms with E-state index in [4.69, 9.17) is 11.6 Å². The first-order chi connectivity index (χ1) is 12.7. The van der Waals surface area contributed by atoms with Crippen LogP contribution in [0.5, 0.6) is 0 Å². The summed E-state index contributed by atoms with van der Waals surface area (Å²) in [5, 5.41) is 14.9. The minimum Gasteiger partial charge on any atom is -0.278 e. The Bertz CT molecular complexity index is 934. The molecule has 1 aromatic heterocycles. The predicted octanol–water partition coefficient (Wildman–Crippen LogP) is 5.34. The highest BCUT2D eigenvalue weighted by atomic mass is 35.5. The molecule has 0 saturated carbocycles. The third-order valence-electron chi connectivity index (χ3n) is 3.46. The molecule has 3 aromatic rings. The van der Waals surface area contributed by atoms with E-state index in [1.807, 2.05) is 54.6 Å². The smallest absolute Gasteiger partial charge is 0.115 e. The molecule has 0 fully saturated rings. The highest BCUT2D eigenvalue weighted by Gasteiger charge is 2.06. The molecule has 0 aliphatic carbocycles. The lowest BCUT2D eigenvalue weighted by Gasteiger charge is -2.05. The van der Waals surface area contributed by atoms with E-state index in [1.54, 1.807) is 18.3 Å². The summed E-state index contributed by atoms with van der Waals surface area (Å²) in [6, 6.07) is 23.0. The van der Waals surface area contributed by atoms with Crippen LogP contribution in [0.25, 0.3) is 0 Å². The number of anilines is 1. The molecule has 4 nitrogen and oxygen atoms in total. The fraction of sp³-hybridized carbons (Fsp3) is 0.0500. The molecule has 1 N–H and O–H groups in total. The van der Waals surface area contributed by atoms with Crippen LogP contribution in [0, 0.1) is 11.3 Å². The summed E-state index contributed by atoms with van der Waals surface area (Å²) in [6.45, 7) is 0. The molecule has 0 saturated heterocycles. The lowest BCUT2D eigenvalue weighted by Crippen LogP contribution is -1.96. The highest BCUT2D eigenvalue weighted by Crippen LogP contribution is 2.25. The standard InChI is InChI=1S/C20H15ClN4S/c21-17-9-6-15(7-10-17)14-26-20-16(12-22)8-11-19(24-20)13-23-25-18-4-2-1-3-5-18/h1-11,13,25H,14H2. The minimum atomic E-state index is 0.553. The topological polar surface area (TPSA) is 61.1 Å². The Hall–Kier alpha value is -2.81. The number of hydrogen-bond acceptors (Lipinski definition) is 5. The van der Waals surface area contributed by atoms with Crippen LogP contribution < -0.4 is 5.43 Å². The molecule has 6 heteroatoms. The fourth-order valence-corrected chi connectivity index (χ4v) is 3.20. The van der Waals surface area contributed by atoms with Gasteiger partial charge in [-0.1, -0.05) is 41.9 Å². The molecule has 0 spiro atoms. The van der Waals surface area contributed by atoms with Crippen molar-refractivity contribution in [3.63, 3.8) is 0 Å². The summed E-state index contributed by atoms with van der Waals surface area (Å²) in [4.78, 5) is 4.53. The first-order valence-electron chi connectivity index (χ1n) is 7.87. The summed E-state index contributed by atoms with van der Waals surface area (Å²) in [6.07, 6.45) is 1.64. The maximum Gasteiger partial charge on any atom is 0.115 e. The van der Waals surface area contributed by atoms with Gasteiger partial charge in [-0.25, -0.2) is 4.98 Å². The molecule has 0 aliphatic rings. The summed E-state index contributed by atoms with van der Waals surface area (Å²) < 4.78 is 0. The molecule has 0 atom stereocenters. The van der Waals surface area contributed by atoms with Gasteiger partial charge in [-0.2, -0.15) is 10.4 Å².